The average Bonchev–Trinajstić information content (AvgIpc) is 3.22. The van der Waals surface area contributed by atoms with E-state index in [1.165, 1.54) is 4.70 Å². The fourth-order valence-electron chi connectivity index (χ4n) is 4.24. The van der Waals surface area contributed by atoms with E-state index in [1.54, 1.807) is 11.3 Å². The molecule has 154 valence electrons. The van der Waals surface area contributed by atoms with E-state index in [2.05, 4.69) is 29.3 Å². The van der Waals surface area contributed by atoms with Gasteiger partial charge in [0.1, 0.15) is 5.01 Å². The van der Waals surface area contributed by atoms with E-state index in [9.17, 15) is 9.59 Å². The van der Waals surface area contributed by atoms with Crippen LogP contribution in [0, 0.1) is 0 Å². The number of thiazole rings is 1. The number of rotatable bonds is 3. The number of amides is 2. The SMILES string of the molecule is CC(c1nc2ccccc2s1)N1CCN(C(=O)c2ccc3c(c2)CCC(=O)N3)CC1. The molecular formula is C23H24N4O2S. The van der Waals surface area contributed by atoms with Gasteiger partial charge in [-0.3, -0.25) is 14.5 Å². The third-order valence-corrected chi connectivity index (χ3v) is 7.27. The van der Waals surface area contributed by atoms with Crippen molar-refractivity contribution in [2.75, 3.05) is 31.5 Å². The quantitative estimate of drug-likeness (QED) is 0.702. The van der Waals surface area contributed by atoms with Crippen LogP contribution in [-0.4, -0.2) is 52.8 Å². The number of fused-ring (bicyclic) bond motifs is 2. The first kappa shape index (κ1) is 19.2. The van der Waals surface area contributed by atoms with Crippen molar-refractivity contribution in [3.8, 4) is 0 Å². The van der Waals surface area contributed by atoms with Crippen LogP contribution in [0.4, 0.5) is 5.69 Å². The molecule has 3 aromatic rings. The molecule has 2 aromatic carbocycles. The lowest BCUT2D eigenvalue weighted by atomic mass is 10.00. The maximum atomic E-state index is 13.0. The number of aromatic nitrogens is 1. The molecule has 6 nitrogen and oxygen atoms in total. The molecule has 1 aromatic heterocycles. The van der Waals surface area contributed by atoms with Crippen LogP contribution in [-0.2, 0) is 11.2 Å². The number of piperazine rings is 1. The number of carbonyl (C=O) groups excluding carboxylic acids is 2. The molecule has 0 bridgehead atoms. The molecule has 0 aliphatic carbocycles. The zero-order chi connectivity index (χ0) is 20.7. The van der Waals surface area contributed by atoms with Crippen molar-refractivity contribution >= 4 is 39.1 Å². The third-order valence-electron chi connectivity index (χ3n) is 6.06. The minimum absolute atomic E-state index is 0.0416. The highest BCUT2D eigenvalue weighted by atomic mass is 32.1. The molecule has 0 spiro atoms. The van der Waals surface area contributed by atoms with E-state index in [4.69, 9.17) is 4.98 Å². The molecule has 1 N–H and O–H groups in total. The van der Waals surface area contributed by atoms with E-state index < -0.39 is 0 Å². The van der Waals surface area contributed by atoms with Crippen LogP contribution in [0.15, 0.2) is 42.5 Å². The standard InChI is InChI=1S/C23H24N4O2S/c1-15(22-25-19-4-2-3-5-20(19)30-22)26-10-12-27(13-11-26)23(29)17-6-8-18-16(14-17)7-9-21(28)24-18/h2-6,8,14-15H,7,9-13H2,1H3,(H,24,28). The summed E-state index contributed by atoms with van der Waals surface area (Å²) in [5, 5.41) is 4.01. The Balaban J connectivity index is 1.24. The fraction of sp³-hybridized carbons (Fsp3) is 0.348. The average molecular weight is 421 g/mol. The maximum absolute atomic E-state index is 13.0. The van der Waals surface area contributed by atoms with Gasteiger partial charge in [-0.05, 0) is 49.2 Å². The molecule has 1 atom stereocenters. The summed E-state index contributed by atoms with van der Waals surface area (Å²) >= 11 is 1.75. The summed E-state index contributed by atoms with van der Waals surface area (Å²) in [6.45, 7) is 5.30. The van der Waals surface area contributed by atoms with Crippen molar-refractivity contribution in [2.24, 2.45) is 0 Å². The number of carbonyl (C=O) groups is 2. The highest BCUT2D eigenvalue weighted by molar-refractivity contribution is 7.18. The number of nitrogens with zero attached hydrogens (tertiary/aromatic N) is 3. The second-order valence-electron chi connectivity index (χ2n) is 7.94. The number of para-hydroxylation sites is 1. The van der Waals surface area contributed by atoms with Gasteiger partial charge in [-0.2, -0.15) is 0 Å². The smallest absolute Gasteiger partial charge is 0.253 e. The summed E-state index contributed by atoms with van der Waals surface area (Å²) in [6, 6.07) is 14.1. The molecule has 1 saturated heterocycles. The largest absolute Gasteiger partial charge is 0.336 e. The van der Waals surface area contributed by atoms with Gasteiger partial charge in [-0.1, -0.05) is 12.1 Å². The number of aryl methyl sites for hydroxylation is 1. The highest BCUT2D eigenvalue weighted by Crippen LogP contribution is 2.30. The summed E-state index contributed by atoms with van der Waals surface area (Å²) in [5.74, 6) is 0.113. The van der Waals surface area contributed by atoms with Crippen LogP contribution in [0.1, 0.15) is 40.3 Å². The Morgan fingerprint density at radius 2 is 1.90 bits per heavy atom. The number of nitrogens with one attached hydrogen (secondary N) is 1. The second-order valence-corrected chi connectivity index (χ2v) is 9.01. The minimum atomic E-state index is 0.0416. The number of benzene rings is 2. The van der Waals surface area contributed by atoms with Gasteiger partial charge in [0.05, 0.1) is 16.3 Å². The van der Waals surface area contributed by atoms with Crippen LogP contribution >= 0.6 is 11.3 Å². The Morgan fingerprint density at radius 3 is 2.70 bits per heavy atom. The van der Waals surface area contributed by atoms with Gasteiger partial charge in [0.25, 0.3) is 5.91 Å². The van der Waals surface area contributed by atoms with Crippen LogP contribution in [0.3, 0.4) is 0 Å². The topological polar surface area (TPSA) is 65.5 Å². The maximum Gasteiger partial charge on any atom is 0.253 e. The van der Waals surface area contributed by atoms with Gasteiger partial charge >= 0.3 is 0 Å². The Hall–Kier alpha value is -2.77. The minimum Gasteiger partial charge on any atom is -0.336 e. The van der Waals surface area contributed by atoms with E-state index in [1.807, 2.05) is 35.2 Å². The molecule has 2 aliphatic heterocycles. The summed E-state index contributed by atoms with van der Waals surface area (Å²) in [7, 11) is 0. The Kier molecular flexibility index (Phi) is 5.00. The molecule has 30 heavy (non-hydrogen) atoms. The molecule has 2 aliphatic rings. The van der Waals surface area contributed by atoms with Gasteiger partial charge in [0.2, 0.25) is 5.91 Å². The molecule has 0 radical (unpaired) electrons. The van der Waals surface area contributed by atoms with Crippen molar-refractivity contribution in [3.63, 3.8) is 0 Å². The van der Waals surface area contributed by atoms with E-state index in [0.29, 0.717) is 31.5 Å². The predicted molar refractivity (Wildman–Crippen MR) is 119 cm³/mol. The lowest BCUT2D eigenvalue weighted by Crippen LogP contribution is -2.49. The lowest BCUT2D eigenvalue weighted by molar-refractivity contribution is -0.116. The van der Waals surface area contributed by atoms with E-state index >= 15 is 0 Å². The monoisotopic (exact) mass is 420 g/mol. The fourth-order valence-corrected chi connectivity index (χ4v) is 5.29. The number of hydrogen-bond donors (Lipinski definition) is 1. The summed E-state index contributed by atoms with van der Waals surface area (Å²) in [6.07, 6.45) is 1.17. The first-order chi connectivity index (χ1) is 14.6. The second kappa shape index (κ2) is 7.81. The van der Waals surface area contributed by atoms with Crippen molar-refractivity contribution in [3.05, 3.63) is 58.6 Å². The number of hydrogen-bond acceptors (Lipinski definition) is 5. The molecule has 0 saturated carbocycles. The van der Waals surface area contributed by atoms with Crippen LogP contribution in [0.25, 0.3) is 10.2 Å². The van der Waals surface area contributed by atoms with Gasteiger partial charge in [-0.15, -0.1) is 11.3 Å². The molecule has 3 heterocycles. The zero-order valence-electron chi connectivity index (χ0n) is 16.9. The first-order valence-electron chi connectivity index (χ1n) is 10.4. The number of anilines is 1. The van der Waals surface area contributed by atoms with Gasteiger partial charge in [-0.25, -0.2) is 4.98 Å². The summed E-state index contributed by atoms with van der Waals surface area (Å²) < 4.78 is 1.22. The summed E-state index contributed by atoms with van der Waals surface area (Å²) in [5.41, 5.74) is 3.64. The Bertz CT molecular complexity index is 1080. The van der Waals surface area contributed by atoms with Crippen LogP contribution in [0.5, 0.6) is 0 Å². The third kappa shape index (κ3) is 3.59. The molecule has 7 heteroatoms. The molecule has 5 rings (SSSR count). The predicted octanol–water partition coefficient (Wildman–Crippen LogP) is 3.70. The molecule has 2 amide bonds. The molecule has 1 fully saturated rings. The van der Waals surface area contributed by atoms with Gasteiger partial charge in [0.15, 0.2) is 0 Å². The van der Waals surface area contributed by atoms with Crippen LogP contribution < -0.4 is 5.32 Å². The van der Waals surface area contributed by atoms with E-state index in [0.717, 1.165) is 34.9 Å². The summed E-state index contributed by atoms with van der Waals surface area (Å²) in [4.78, 5) is 33.7. The first-order valence-corrected chi connectivity index (χ1v) is 11.2. The molecular weight excluding hydrogens is 396 g/mol. The Morgan fingerprint density at radius 1 is 1.10 bits per heavy atom. The normalized spacial score (nSPS) is 18.2. The van der Waals surface area contributed by atoms with Crippen molar-refractivity contribution in [1.82, 2.24) is 14.8 Å². The Labute approximate surface area is 179 Å². The zero-order valence-corrected chi connectivity index (χ0v) is 17.7. The van der Waals surface area contributed by atoms with E-state index in [-0.39, 0.29) is 17.9 Å². The van der Waals surface area contributed by atoms with Crippen molar-refractivity contribution < 1.29 is 9.59 Å². The molecule has 1 unspecified atom stereocenters. The van der Waals surface area contributed by atoms with Crippen molar-refractivity contribution in [2.45, 2.75) is 25.8 Å². The van der Waals surface area contributed by atoms with Crippen LogP contribution in [0.2, 0.25) is 0 Å². The van der Waals surface area contributed by atoms with Gasteiger partial charge in [0, 0.05) is 43.9 Å². The van der Waals surface area contributed by atoms with Crippen molar-refractivity contribution in [1.29, 1.82) is 0 Å². The highest BCUT2D eigenvalue weighted by Gasteiger charge is 2.27. The lowest BCUT2D eigenvalue weighted by Gasteiger charge is -2.37. The van der Waals surface area contributed by atoms with Gasteiger partial charge < -0.3 is 10.2 Å².